The van der Waals surface area contributed by atoms with Crippen LogP contribution in [0.3, 0.4) is 0 Å². The van der Waals surface area contributed by atoms with Gasteiger partial charge in [-0.3, -0.25) is 0 Å². The van der Waals surface area contributed by atoms with Crippen molar-refractivity contribution in [3.05, 3.63) is 39.0 Å². The molecular formula is C18H20F2N4S2. The lowest BCUT2D eigenvalue weighted by atomic mass is 10.0. The molecule has 1 fully saturated rings. The highest BCUT2D eigenvalue weighted by atomic mass is 32.1. The van der Waals surface area contributed by atoms with Crippen molar-refractivity contribution in [3.8, 4) is 0 Å². The van der Waals surface area contributed by atoms with Crippen LogP contribution in [-0.2, 0) is 13.0 Å². The minimum Gasteiger partial charge on any atom is -0.378 e. The lowest BCUT2D eigenvalue weighted by Crippen LogP contribution is -2.24. The van der Waals surface area contributed by atoms with Crippen molar-refractivity contribution in [2.75, 3.05) is 5.32 Å². The van der Waals surface area contributed by atoms with Gasteiger partial charge in [-0.25, -0.2) is 8.78 Å². The zero-order chi connectivity index (χ0) is 18.3. The number of thiophene rings is 2. The summed E-state index contributed by atoms with van der Waals surface area (Å²) in [4.78, 5) is 2.35. The third-order valence-electron chi connectivity index (χ3n) is 4.83. The van der Waals surface area contributed by atoms with Crippen molar-refractivity contribution in [2.45, 2.75) is 44.7 Å². The van der Waals surface area contributed by atoms with E-state index in [0.717, 1.165) is 32.9 Å². The van der Waals surface area contributed by atoms with Crippen molar-refractivity contribution in [3.63, 3.8) is 0 Å². The molecule has 0 saturated heterocycles. The average molecular weight is 395 g/mol. The first kappa shape index (κ1) is 17.8. The van der Waals surface area contributed by atoms with Gasteiger partial charge in [-0.1, -0.05) is 6.07 Å². The third kappa shape index (κ3) is 3.58. The van der Waals surface area contributed by atoms with Crippen LogP contribution in [0, 0.1) is 12.8 Å². The van der Waals surface area contributed by atoms with Gasteiger partial charge in [0.25, 0.3) is 5.92 Å². The van der Waals surface area contributed by atoms with Crippen molar-refractivity contribution in [2.24, 2.45) is 11.7 Å². The predicted octanol–water partition coefficient (Wildman–Crippen LogP) is 4.59. The number of anilines is 1. The number of aryl methyl sites for hydroxylation is 1. The molecule has 2 atom stereocenters. The summed E-state index contributed by atoms with van der Waals surface area (Å²) in [6, 6.07) is 3.86. The largest absolute Gasteiger partial charge is 0.378 e. The first-order chi connectivity index (χ1) is 12.4. The Kier molecular flexibility index (Phi) is 4.66. The Morgan fingerprint density at radius 3 is 2.96 bits per heavy atom. The van der Waals surface area contributed by atoms with E-state index < -0.39 is 11.8 Å². The molecule has 26 heavy (non-hydrogen) atoms. The van der Waals surface area contributed by atoms with Gasteiger partial charge < -0.3 is 11.1 Å². The van der Waals surface area contributed by atoms with E-state index in [2.05, 4.69) is 27.0 Å². The first-order valence-electron chi connectivity index (χ1n) is 8.57. The Hall–Kier alpha value is -1.64. The standard InChI is InChI=1S/C18H20F2N4S2/c1-10-15(6-12(21)5-11-7-18(11,19)20)26-17-14(9-23-24-16(10)17)22-8-13-3-2-4-25-13/h2-4,9,11-12H,5-8,21H2,1H3,(H,22,24)/t11?,12-/m0/s1. The molecule has 1 aliphatic carbocycles. The minimum absolute atomic E-state index is 0.0195. The van der Waals surface area contributed by atoms with E-state index in [1.54, 1.807) is 28.9 Å². The Bertz CT molecular complexity index is 907. The van der Waals surface area contributed by atoms with Crippen molar-refractivity contribution in [1.29, 1.82) is 0 Å². The summed E-state index contributed by atoms with van der Waals surface area (Å²) in [6.45, 7) is 2.74. The zero-order valence-corrected chi connectivity index (χ0v) is 16.0. The van der Waals surface area contributed by atoms with Crippen molar-refractivity contribution in [1.82, 2.24) is 10.2 Å². The number of rotatable bonds is 7. The Balaban J connectivity index is 1.51. The van der Waals surface area contributed by atoms with E-state index in [4.69, 9.17) is 5.73 Å². The molecule has 0 aliphatic heterocycles. The Labute approximate surface area is 158 Å². The van der Waals surface area contributed by atoms with Gasteiger partial charge >= 0.3 is 0 Å². The van der Waals surface area contributed by atoms with Crippen LogP contribution in [0.25, 0.3) is 10.2 Å². The maximum atomic E-state index is 13.1. The van der Waals surface area contributed by atoms with Crippen LogP contribution in [0.15, 0.2) is 23.7 Å². The fourth-order valence-corrected chi connectivity index (χ4v) is 5.15. The average Bonchev–Trinajstić information content (AvgIpc) is 2.98. The molecule has 3 aromatic heterocycles. The van der Waals surface area contributed by atoms with Gasteiger partial charge in [-0.15, -0.1) is 27.8 Å². The molecule has 4 rings (SSSR count). The summed E-state index contributed by atoms with van der Waals surface area (Å²) in [5.74, 6) is -3.05. The van der Waals surface area contributed by atoms with Gasteiger partial charge in [0.1, 0.15) is 5.52 Å². The summed E-state index contributed by atoms with van der Waals surface area (Å²) in [6.07, 6.45) is 2.69. The van der Waals surface area contributed by atoms with Gasteiger partial charge in [-0.2, -0.15) is 5.10 Å². The highest BCUT2D eigenvalue weighted by molar-refractivity contribution is 7.19. The van der Waals surface area contributed by atoms with E-state index in [-0.39, 0.29) is 12.5 Å². The summed E-state index contributed by atoms with van der Waals surface area (Å²) in [7, 11) is 0. The fourth-order valence-electron chi connectivity index (χ4n) is 3.18. The molecular weight excluding hydrogens is 374 g/mol. The van der Waals surface area contributed by atoms with Gasteiger partial charge in [-0.05, 0) is 36.8 Å². The quantitative estimate of drug-likeness (QED) is 0.615. The fraction of sp³-hybridized carbons (Fsp3) is 0.444. The molecule has 8 heteroatoms. The number of fused-ring (bicyclic) bond motifs is 1. The molecule has 0 spiro atoms. The lowest BCUT2D eigenvalue weighted by Gasteiger charge is -2.10. The van der Waals surface area contributed by atoms with Gasteiger partial charge in [0, 0.05) is 34.7 Å². The van der Waals surface area contributed by atoms with Crippen molar-refractivity contribution >= 4 is 38.6 Å². The number of halogens is 2. The second kappa shape index (κ2) is 6.83. The van der Waals surface area contributed by atoms with Crippen LogP contribution in [0.5, 0.6) is 0 Å². The Morgan fingerprint density at radius 1 is 1.46 bits per heavy atom. The molecule has 1 aliphatic rings. The maximum absolute atomic E-state index is 13.1. The summed E-state index contributed by atoms with van der Waals surface area (Å²) >= 11 is 3.34. The van der Waals surface area contributed by atoms with Crippen LogP contribution in [0.2, 0.25) is 0 Å². The third-order valence-corrected chi connectivity index (χ3v) is 7.04. The Morgan fingerprint density at radius 2 is 2.27 bits per heavy atom. The zero-order valence-electron chi connectivity index (χ0n) is 14.3. The molecule has 0 radical (unpaired) electrons. The van der Waals surface area contributed by atoms with Gasteiger partial charge in [0.2, 0.25) is 0 Å². The first-order valence-corrected chi connectivity index (χ1v) is 10.3. The number of aromatic nitrogens is 2. The van der Waals surface area contributed by atoms with Crippen LogP contribution in [0.1, 0.15) is 28.2 Å². The molecule has 1 unspecified atom stereocenters. The highest BCUT2D eigenvalue weighted by Gasteiger charge is 2.56. The van der Waals surface area contributed by atoms with Crippen molar-refractivity contribution < 1.29 is 8.78 Å². The van der Waals surface area contributed by atoms with E-state index in [1.807, 2.05) is 13.0 Å². The number of nitrogens with one attached hydrogen (secondary N) is 1. The van der Waals surface area contributed by atoms with Crippen LogP contribution >= 0.6 is 22.7 Å². The second-order valence-corrected chi connectivity index (χ2v) is 9.02. The molecule has 0 amide bonds. The van der Waals surface area contributed by atoms with Gasteiger partial charge in [0.15, 0.2) is 0 Å². The summed E-state index contributed by atoms with van der Waals surface area (Å²) < 4.78 is 27.3. The molecule has 0 aromatic carbocycles. The predicted molar refractivity (Wildman–Crippen MR) is 103 cm³/mol. The topological polar surface area (TPSA) is 63.8 Å². The molecule has 3 N–H and O–H groups in total. The second-order valence-electron chi connectivity index (χ2n) is 6.88. The summed E-state index contributed by atoms with van der Waals surface area (Å²) in [5.41, 5.74) is 9.01. The maximum Gasteiger partial charge on any atom is 0.251 e. The molecule has 3 heterocycles. The number of hydrogen-bond donors (Lipinski definition) is 2. The number of alkyl halides is 2. The van der Waals surface area contributed by atoms with E-state index >= 15 is 0 Å². The minimum atomic E-state index is -2.50. The number of nitrogens with two attached hydrogens (primary N) is 1. The van der Waals surface area contributed by atoms with E-state index in [1.165, 1.54) is 4.88 Å². The lowest BCUT2D eigenvalue weighted by molar-refractivity contribution is 0.0954. The monoisotopic (exact) mass is 394 g/mol. The summed E-state index contributed by atoms with van der Waals surface area (Å²) in [5, 5.41) is 13.9. The molecule has 1 saturated carbocycles. The smallest absolute Gasteiger partial charge is 0.251 e. The highest BCUT2D eigenvalue weighted by Crippen LogP contribution is 2.51. The van der Waals surface area contributed by atoms with E-state index in [0.29, 0.717) is 12.8 Å². The number of hydrogen-bond acceptors (Lipinski definition) is 6. The van der Waals surface area contributed by atoms with E-state index in [9.17, 15) is 8.78 Å². The normalized spacial score (nSPS) is 19.6. The van der Waals surface area contributed by atoms with Gasteiger partial charge in [0.05, 0.1) is 16.6 Å². The van der Waals surface area contributed by atoms with Crippen LogP contribution in [0.4, 0.5) is 14.5 Å². The molecule has 3 aromatic rings. The molecule has 138 valence electrons. The molecule has 0 bridgehead atoms. The molecule has 4 nitrogen and oxygen atoms in total. The van der Waals surface area contributed by atoms with Crippen LogP contribution < -0.4 is 11.1 Å². The van der Waals surface area contributed by atoms with Crippen LogP contribution in [-0.4, -0.2) is 22.2 Å². The SMILES string of the molecule is Cc1c(C[C@@H](N)CC2CC2(F)F)sc2c(NCc3cccs3)cnnc12. The number of nitrogens with zero attached hydrogens (tertiary/aromatic N) is 2.